The SMILES string of the molecule is C=C1CC[C@@H]2[C@](C)(CCC[C@@]2(C)C(=O)OC)[C@@H]1CCc1ccoc1CN(C)S(=O)(=O)c1ccc(C)cc1. The maximum atomic E-state index is 13.1. The van der Waals surface area contributed by atoms with Gasteiger partial charge >= 0.3 is 5.97 Å². The Kier molecular flexibility index (Phi) is 7.78. The number of nitrogens with zero attached hydrogens (tertiary/aromatic N) is 1. The Morgan fingerprint density at radius 3 is 2.57 bits per heavy atom. The number of sulfonamides is 1. The number of allylic oxidation sites excluding steroid dienone is 1. The fourth-order valence-electron chi connectivity index (χ4n) is 7.17. The fourth-order valence-corrected chi connectivity index (χ4v) is 8.29. The number of carbonyl (C=O) groups is 1. The molecular formula is C30H41NO5S. The van der Waals surface area contributed by atoms with Crippen LogP contribution in [0.25, 0.3) is 0 Å². The molecule has 2 aliphatic carbocycles. The lowest BCUT2D eigenvalue weighted by Crippen LogP contribution is -2.53. The molecule has 0 unspecified atom stereocenters. The molecule has 0 spiro atoms. The molecule has 0 N–H and O–H groups in total. The standard InChI is InChI=1S/C30H41NO5S/c1-21-8-12-24(13-9-21)37(33,34)31(5)20-26-23(16-19-36-26)11-14-25-22(2)10-15-27-29(25,3)17-7-18-30(27,4)28(32)35-6/h8-9,12-13,16,19,25,27H,2,7,10-11,14-15,17-18,20H2,1,3-6H3/t25-,27-,29-,30-/m1/s1. The second kappa shape index (κ2) is 10.4. The van der Waals surface area contributed by atoms with Crippen molar-refractivity contribution < 1.29 is 22.4 Å². The molecule has 4 atom stereocenters. The van der Waals surface area contributed by atoms with Crippen molar-refractivity contribution in [2.75, 3.05) is 14.2 Å². The number of carbonyl (C=O) groups excluding carboxylic acids is 1. The summed E-state index contributed by atoms with van der Waals surface area (Å²) in [6.45, 7) is 11.0. The number of methoxy groups -OCH3 is 1. The van der Waals surface area contributed by atoms with Gasteiger partial charge in [0.25, 0.3) is 0 Å². The summed E-state index contributed by atoms with van der Waals surface area (Å²) in [5, 5.41) is 0. The van der Waals surface area contributed by atoms with E-state index in [9.17, 15) is 13.2 Å². The Bertz CT molecular complexity index is 1250. The van der Waals surface area contributed by atoms with Gasteiger partial charge in [-0.1, -0.05) is 43.2 Å². The van der Waals surface area contributed by atoms with Gasteiger partial charge in [0, 0.05) is 7.05 Å². The normalized spacial score (nSPS) is 28.2. The first-order valence-electron chi connectivity index (χ1n) is 13.3. The van der Waals surface area contributed by atoms with Crippen LogP contribution in [0.4, 0.5) is 0 Å². The van der Waals surface area contributed by atoms with Gasteiger partial charge in [-0.15, -0.1) is 0 Å². The predicted octanol–water partition coefficient (Wildman–Crippen LogP) is 6.29. The Balaban J connectivity index is 1.50. The van der Waals surface area contributed by atoms with E-state index in [1.807, 2.05) is 13.0 Å². The number of aryl methyl sites for hydroxylation is 2. The largest absolute Gasteiger partial charge is 0.469 e. The van der Waals surface area contributed by atoms with Crippen molar-refractivity contribution in [3.8, 4) is 0 Å². The molecule has 1 aromatic heterocycles. The quantitative estimate of drug-likeness (QED) is 0.298. The zero-order valence-corrected chi connectivity index (χ0v) is 23.7. The molecule has 6 nitrogen and oxygen atoms in total. The van der Waals surface area contributed by atoms with Crippen LogP contribution in [-0.4, -0.2) is 32.8 Å². The minimum Gasteiger partial charge on any atom is -0.469 e. The number of esters is 1. The summed E-state index contributed by atoms with van der Waals surface area (Å²) in [6.07, 6.45) is 8.14. The van der Waals surface area contributed by atoms with Crippen LogP contribution in [-0.2, 0) is 32.5 Å². The number of ether oxygens (including phenoxy) is 1. The molecule has 7 heteroatoms. The highest BCUT2D eigenvalue weighted by Gasteiger charge is 2.57. The highest BCUT2D eigenvalue weighted by Crippen LogP contribution is 2.62. The summed E-state index contributed by atoms with van der Waals surface area (Å²) >= 11 is 0. The molecule has 202 valence electrons. The third-order valence-electron chi connectivity index (χ3n) is 9.31. The first kappa shape index (κ1) is 27.6. The number of fused-ring (bicyclic) bond motifs is 1. The number of hydrogen-bond donors (Lipinski definition) is 0. The van der Waals surface area contributed by atoms with Gasteiger partial charge in [0.05, 0.1) is 30.2 Å². The van der Waals surface area contributed by atoms with E-state index in [0.29, 0.717) is 5.76 Å². The second-order valence-corrected chi connectivity index (χ2v) is 13.6. The van der Waals surface area contributed by atoms with Crippen molar-refractivity contribution in [3.05, 3.63) is 65.6 Å². The van der Waals surface area contributed by atoms with E-state index >= 15 is 0 Å². The Morgan fingerprint density at radius 1 is 1.19 bits per heavy atom. The number of hydrogen-bond acceptors (Lipinski definition) is 5. The summed E-state index contributed by atoms with van der Waals surface area (Å²) in [5.41, 5.74) is 2.81. The second-order valence-electron chi connectivity index (χ2n) is 11.6. The molecule has 4 rings (SSSR count). The topological polar surface area (TPSA) is 76.8 Å². The van der Waals surface area contributed by atoms with Gasteiger partial charge < -0.3 is 9.15 Å². The molecular weight excluding hydrogens is 486 g/mol. The van der Waals surface area contributed by atoms with Gasteiger partial charge in [0.2, 0.25) is 10.0 Å². The molecule has 2 aromatic rings. The van der Waals surface area contributed by atoms with Crippen molar-refractivity contribution in [1.29, 1.82) is 0 Å². The zero-order chi connectivity index (χ0) is 27.0. The van der Waals surface area contributed by atoms with Crippen molar-refractivity contribution >= 4 is 16.0 Å². The van der Waals surface area contributed by atoms with Gasteiger partial charge in [-0.2, -0.15) is 4.31 Å². The van der Waals surface area contributed by atoms with E-state index in [1.54, 1.807) is 37.6 Å². The van der Waals surface area contributed by atoms with Crippen LogP contribution in [0.3, 0.4) is 0 Å². The van der Waals surface area contributed by atoms with E-state index in [4.69, 9.17) is 9.15 Å². The average Bonchev–Trinajstić information content (AvgIpc) is 3.29. The van der Waals surface area contributed by atoms with Gasteiger partial charge in [-0.3, -0.25) is 4.79 Å². The number of rotatable bonds is 8. The number of furan rings is 1. The van der Waals surface area contributed by atoms with Crippen molar-refractivity contribution in [1.82, 2.24) is 4.31 Å². The minimum absolute atomic E-state index is 0.0218. The van der Waals surface area contributed by atoms with Crippen LogP contribution < -0.4 is 0 Å². The summed E-state index contributed by atoms with van der Waals surface area (Å²) in [5.74, 6) is 1.12. The maximum absolute atomic E-state index is 13.1. The van der Waals surface area contributed by atoms with E-state index in [0.717, 1.165) is 56.1 Å². The molecule has 0 saturated heterocycles. The molecule has 0 bridgehead atoms. The summed E-state index contributed by atoms with van der Waals surface area (Å²) in [4.78, 5) is 13.1. The van der Waals surface area contributed by atoms with Gasteiger partial charge in [0.15, 0.2) is 0 Å². The van der Waals surface area contributed by atoms with E-state index in [1.165, 1.54) is 17.0 Å². The van der Waals surface area contributed by atoms with Crippen LogP contribution in [0.2, 0.25) is 0 Å². The molecule has 0 amide bonds. The average molecular weight is 528 g/mol. The maximum Gasteiger partial charge on any atom is 0.311 e. The summed E-state index contributed by atoms with van der Waals surface area (Å²) < 4.78 is 38.6. The lowest BCUT2D eigenvalue weighted by molar-refractivity contribution is -0.168. The van der Waals surface area contributed by atoms with Gasteiger partial charge in [-0.05, 0) is 93.4 Å². The minimum atomic E-state index is -3.63. The van der Waals surface area contributed by atoms with Crippen LogP contribution in [0.1, 0.15) is 69.3 Å². The third kappa shape index (κ3) is 5.05. The first-order chi connectivity index (χ1) is 17.4. The van der Waals surface area contributed by atoms with E-state index < -0.39 is 15.4 Å². The molecule has 1 heterocycles. The molecule has 2 saturated carbocycles. The molecule has 2 fully saturated rings. The van der Waals surface area contributed by atoms with Crippen LogP contribution in [0.15, 0.2) is 58.1 Å². The first-order valence-corrected chi connectivity index (χ1v) is 14.7. The lowest BCUT2D eigenvalue weighted by atomic mass is 9.46. The predicted molar refractivity (Wildman–Crippen MR) is 144 cm³/mol. The summed E-state index contributed by atoms with van der Waals surface area (Å²) in [7, 11) is -0.542. The summed E-state index contributed by atoms with van der Waals surface area (Å²) in [6, 6.07) is 8.85. The highest BCUT2D eigenvalue weighted by molar-refractivity contribution is 7.89. The molecule has 0 aliphatic heterocycles. The fraction of sp³-hybridized carbons (Fsp3) is 0.567. The Labute approximate surface area is 222 Å². The van der Waals surface area contributed by atoms with Gasteiger partial charge in [0.1, 0.15) is 5.76 Å². The molecule has 1 aromatic carbocycles. The molecule has 0 radical (unpaired) electrons. The smallest absolute Gasteiger partial charge is 0.311 e. The van der Waals surface area contributed by atoms with Crippen molar-refractivity contribution in [3.63, 3.8) is 0 Å². The monoisotopic (exact) mass is 527 g/mol. The zero-order valence-electron chi connectivity index (χ0n) is 22.9. The molecule has 37 heavy (non-hydrogen) atoms. The van der Waals surface area contributed by atoms with E-state index in [-0.39, 0.29) is 34.7 Å². The Hall–Kier alpha value is -2.38. The highest BCUT2D eigenvalue weighted by atomic mass is 32.2. The van der Waals surface area contributed by atoms with Crippen LogP contribution in [0, 0.1) is 29.6 Å². The Morgan fingerprint density at radius 2 is 1.89 bits per heavy atom. The van der Waals surface area contributed by atoms with Gasteiger partial charge in [-0.25, -0.2) is 8.42 Å². The van der Waals surface area contributed by atoms with E-state index in [2.05, 4.69) is 20.4 Å². The van der Waals surface area contributed by atoms with Crippen LogP contribution >= 0.6 is 0 Å². The third-order valence-corrected chi connectivity index (χ3v) is 11.1. The van der Waals surface area contributed by atoms with Crippen molar-refractivity contribution in [2.24, 2.45) is 22.7 Å². The number of benzene rings is 1. The van der Waals surface area contributed by atoms with Crippen molar-refractivity contribution in [2.45, 2.75) is 77.2 Å². The molecule has 2 aliphatic rings. The van der Waals surface area contributed by atoms with Crippen LogP contribution in [0.5, 0.6) is 0 Å². The lowest BCUT2D eigenvalue weighted by Gasteiger charge is -2.57.